The third kappa shape index (κ3) is 1.91. The van der Waals surface area contributed by atoms with Crippen LogP contribution in [-0.2, 0) is 0 Å². The third-order valence-electron chi connectivity index (χ3n) is 3.10. The highest BCUT2D eigenvalue weighted by molar-refractivity contribution is 5.67. The molecule has 4 nitrogen and oxygen atoms in total. The average molecular weight is 254 g/mol. The van der Waals surface area contributed by atoms with Crippen LogP contribution in [0.3, 0.4) is 0 Å². The minimum atomic E-state index is 0.815. The summed E-state index contributed by atoms with van der Waals surface area (Å²) in [7, 11) is 3.32. The molecular weight excluding hydrogens is 240 g/mol. The van der Waals surface area contributed by atoms with Gasteiger partial charge in [-0.2, -0.15) is 0 Å². The van der Waals surface area contributed by atoms with Gasteiger partial charge < -0.3 is 9.47 Å². The minimum absolute atomic E-state index is 0.815. The van der Waals surface area contributed by atoms with Crippen molar-refractivity contribution >= 4 is 5.52 Å². The number of imidazole rings is 1. The second kappa shape index (κ2) is 4.65. The summed E-state index contributed by atoms with van der Waals surface area (Å²) in [6.45, 7) is 0. The Hall–Kier alpha value is -2.49. The van der Waals surface area contributed by atoms with Crippen molar-refractivity contribution in [3.8, 4) is 22.9 Å². The van der Waals surface area contributed by atoms with Crippen molar-refractivity contribution in [2.45, 2.75) is 0 Å². The Balaban J connectivity index is 2.14. The highest BCUT2D eigenvalue weighted by Crippen LogP contribution is 2.26. The molecule has 96 valence electrons. The van der Waals surface area contributed by atoms with Gasteiger partial charge in [0.1, 0.15) is 22.8 Å². The molecule has 0 radical (unpaired) electrons. The van der Waals surface area contributed by atoms with Crippen molar-refractivity contribution < 1.29 is 9.47 Å². The summed E-state index contributed by atoms with van der Waals surface area (Å²) < 4.78 is 12.5. The van der Waals surface area contributed by atoms with E-state index >= 15 is 0 Å². The van der Waals surface area contributed by atoms with Crippen LogP contribution in [0.2, 0.25) is 0 Å². The minimum Gasteiger partial charge on any atom is -0.497 e. The lowest BCUT2D eigenvalue weighted by Crippen LogP contribution is -1.92. The zero-order valence-corrected chi connectivity index (χ0v) is 10.8. The first kappa shape index (κ1) is 11.6. The number of hydrogen-bond donors (Lipinski definition) is 0. The molecule has 0 aliphatic carbocycles. The lowest BCUT2D eigenvalue weighted by molar-refractivity contribution is 0.415. The predicted molar refractivity (Wildman–Crippen MR) is 73.7 cm³/mol. The van der Waals surface area contributed by atoms with Gasteiger partial charge in [-0.25, -0.2) is 4.98 Å². The monoisotopic (exact) mass is 254 g/mol. The van der Waals surface area contributed by atoms with Gasteiger partial charge in [0.25, 0.3) is 0 Å². The van der Waals surface area contributed by atoms with Gasteiger partial charge in [-0.3, -0.25) is 4.40 Å². The SMILES string of the molecule is COc1ccc(-c2ncc3c(OC)cccn23)cc1. The number of fused-ring (bicyclic) bond motifs is 1. The summed E-state index contributed by atoms with van der Waals surface area (Å²) in [4.78, 5) is 4.47. The number of nitrogens with zero attached hydrogens (tertiary/aromatic N) is 2. The molecule has 0 aliphatic rings. The van der Waals surface area contributed by atoms with E-state index in [4.69, 9.17) is 9.47 Å². The molecule has 2 aromatic heterocycles. The zero-order valence-electron chi connectivity index (χ0n) is 10.8. The van der Waals surface area contributed by atoms with Gasteiger partial charge in [-0.15, -0.1) is 0 Å². The van der Waals surface area contributed by atoms with E-state index in [1.165, 1.54) is 0 Å². The van der Waals surface area contributed by atoms with Gasteiger partial charge in [-0.05, 0) is 36.4 Å². The van der Waals surface area contributed by atoms with E-state index < -0.39 is 0 Å². The van der Waals surface area contributed by atoms with Crippen molar-refractivity contribution in [3.05, 3.63) is 48.8 Å². The van der Waals surface area contributed by atoms with Gasteiger partial charge >= 0.3 is 0 Å². The molecule has 3 rings (SSSR count). The smallest absolute Gasteiger partial charge is 0.144 e. The van der Waals surface area contributed by atoms with Crippen LogP contribution < -0.4 is 9.47 Å². The molecule has 3 aromatic rings. The van der Waals surface area contributed by atoms with Crippen LogP contribution in [0.4, 0.5) is 0 Å². The van der Waals surface area contributed by atoms with Crippen LogP contribution in [0, 0.1) is 0 Å². The number of hydrogen-bond acceptors (Lipinski definition) is 3. The third-order valence-corrected chi connectivity index (χ3v) is 3.10. The zero-order chi connectivity index (χ0) is 13.2. The van der Waals surface area contributed by atoms with Crippen LogP contribution in [0.5, 0.6) is 11.5 Å². The van der Waals surface area contributed by atoms with E-state index in [0.717, 1.165) is 28.4 Å². The fourth-order valence-electron chi connectivity index (χ4n) is 2.12. The number of methoxy groups -OCH3 is 2. The Kier molecular flexibility index (Phi) is 2.83. The van der Waals surface area contributed by atoms with Crippen LogP contribution in [0.1, 0.15) is 0 Å². The number of aromatic nitrogens is 2. The van der Waals surface area contributed by atoms with Crippen LogP contribution in [-0.4, -0.2) is 23.6 Å². The van der Waals surface area contributed by atoms with E-state index in [0.29, 0.717) is 0 Å². The number of rotatable bonds is 3. The molecule has 2 heterocycles. The lowest BCUT2D eigenvalue weighted by atomic mass is 10.2. The summed E-state index contributed by atoms with van der Waals surface area (Å²) in [5.41, 5.74) is 1.99. The van der Waals surface area contributed by atoms with Crippen LogP contribution in [0.25, 0.3) is 16.9 Å². The molecule has 4 heteroatoms. The molecule has 0 amide bonds. The highest BCUT2D eigenvalue weighted by Gasteiger charge is 2.09. The fourth-order valence-corrected chi connectivity index (χ4v) is 2.12. The second-order valence-electron chi connectivity index (χ2n) is 4.14. The second-order valence-corrected chi connectivity index (χ2v) is 4.14. The molecule has 0 atom stereocenters. The molecule has 0 unspecified atom stereocenters. The van der Waals surface area contributed by atoms with E-state index in [9.17, 15) is 0 Å². The van der Waals surface area contributed by atoms with Crippen molar-refractivity contribution in [2.24, 2.45) is 0 Å². The summed E-state index contributed by atoms with van der Waals surface area (Å²) in [6, 6.07) is 11.7. The maximum atomic E-state index is 5.33. The first-order chi connectivity index (χ1) is 9.33. The van der Waals surface area contributed by atoms with Gasteiger partial charge in [0.15, 0.2) is 0 Å². The first-order valence-corrected chi connectivity index (χ1v) is 5.98. The topological polar surface area (TPSA) is 35.8 Å². The predicted octanol–water partition coefficient (Wildman–Crippen LogP) is 3.02. The van der Waals surface area contributed by atoms with Crippen molar-refractivity contribution in [2.75, 3.05) is 14.2 Å². The quantitative estimate of drug-likeness (QED) is 0.720. The molecule has 0 saturated heterocycles. The van der Waals surface area contributed by atoms with Gasteiger partial charge in [0.2, 0.25) is 0 Å². The number of pyridine rings is 1. The Morgan fingerprint density at radius 1 is 1.00 bits per heavy atom. The van der Waals surface area contributed by atoms with Gasteiger partial charge in [0, 0.05) is 11.8 Å². The van der Waals surface area contributed by atoms with Crippen molar-refractivity contribution in [1.29, 1.82) is 0 Å². The first-order valence-electron chi connectivity index (χ1n) is 5.98. The van der Waals surface area contributed by atoms with Gasteiger partial charge in [-0.1, -0.05) is 0 Å². The maximum absolute atomic E-state index is 5.33. The van der Waals surface area contributed by atoms with E-state index in [1.807, 2.05) is 53.2 Å². The summed E-state index contributed by atoms with van der Waals surface area (Å²) >= 11 is 0. The molecule has 0 fully saturated rings. The highest BCUT2D eigenvalue weighted by atomic mass is 16.5. The molecule has 0 bridgehead atoms. The van der Waals surface area contributed by atoms with E-state index in [2.05, 4.69) is 4.98 Å². The lowest BCUT2D eigenvalue weighted by Gasteiger charge is -2.05. The number of ether oxygens (including phenoxy) is 2. The molecule has 0 aliphatic heterocycles. The molecule has 0 saturated carbocycles. The average Bonchev–Trinajstić information content (AvgIpc) is 2.91. The molecule has 0 N–H and O–H groups in total. The Bertz CT molecular complexity index is 702. The Labute approximate surface area is 111 Å². The summed E-state index contributed by atoms with van der Waals surface area (Å²) in [5.74, 6) is 2.54. The summed E-state index contributed by atoms with van der Waals surface area (Å²) in [5, 5.41) is 0. The normalized spacial score (nSPS) is 10.6. The Morgan fingerprint density at radius 3 is 2.47 bits per heavy atom. The molecule has 1 aromatic carbocycles. The van der Waals surface area contributed by atoms with Crippen LogP contribution >= 0.6 is 0 Å². The van der Waals surface area contributed by atoms with E-state index in [1.54, 1.807) is 14.2 Å². The summed E-state index contributed by atoms with van der Waals surface area (Å²) in [6.07, 6.45) is 3.79. The molecular formula is C15H14N2O2. The van der Waals surface area contributed by atoms with Crippen LogP contribution in [0.15, 0.2) is 48.8 Å². The molecule has 19 heavy (non-hydrogen) atoms. The van der Waals surface area contributed by atoms with E-state index in [-0.39, 0.29) is 0 Å². The Morgan fingerprint density at radius 2 is 1.79 bits per heavy atom. The van der Waals surface area contributed by atoms with Crippen molar-refractivity contribution in [1.82, 2.24) is 9.38 Å². The maximum Gasteiger partial charge on any atom is 0.144 e. The molecule has 0 spiro atoms. The largest absolute Gasteiger partial charge is 0.497 e. The standard InChI is InChI=1S/C15H14N2O2/c1-18-12-7-5-11(6-8-12)15-16-10-13-14(19-2)4-3-9-17(13)15/h3-10H,1-2H3. The van der Waals surface area contributed by atoms with Crippen molar-refractivity contribution in [3.63, 3.8) is 0 Å². The number of benzene rings is 1. The fraction of sp³-hybridized carbons (Fsp3) is 0.133. The van der Waals surface area contributed by atoms with Gasteiger partial charge in [0.05, 0.1) is 20.4 Å².